The minimum absolute atomic E-state index is 0.0782. The van der Waals surface area contributed by atoms with Crippen LogP contribution < -0.4 is 16.8 Å². The highest BCUT2D eigenvalue weighted by atomic mass is 16.6. The molecular weight excluding hydrogens is 368 g/mol. The summed E-state index contributed by atoms with van der Waals surface area (Å²) in [5.41, 5.74) is 13.2. The van der Waals surface area contributed by atoms with Crippen molar-refractivity contribution in [3.8, 4) is 0 Å². The van der Waals surface area contributed by atoms with Crippen molar-refractivity contribution >= 4 is 17.5 Å². The van der Waals surface area contributed by atoms with Gasteiger partial charge in [-0.1, -0.05) is 37.3 Å². The molecule has 156 valence electrons. The van der Waals surface area contributed by atoms with Gasteiger partial charge in [-0.3, -0.25) is 10.1 Å². The van der Waals surface area contributed by atoms with Gasteiger partial charge in [-0.05, 0) is 62.0 Å². The number of nitrogens with one attached hydrogen (secondary N) is 1. The summed E-state index contributed by atoms with van der Waals surface area (Å²) >= 11 is 0. The maximum absolute atomic E-state index is 11.6. The van der Waals surface area contributed by atoms with Crippen LogP contribution in [0.4, 0.5) is 17.5 Å². The molecule has 8 heteroatoms. The van der Waals surface area contributed by atoms with Crippen LogP contribution >= 0.6 is 0 Å². The smallest absolute Gasteiger partial charge is 0.332 e. The Morgan fingerprint density at radius 3 is 2.45 bits per heavy atom. The van der Waals surface area contributed by atoms with Gasteiger partial charge in [0.15, 0.2) is 0 Å². The summed E-state index contributed by atoms with van der Waals surface area (Å²) in [6.45, 7) is 3.43. The Hall–Kier alpha value is -2.74. The molecule has 1 aromatic carbocycles. The molecule has 0 saturated heterocycles. The van der Waals surface area contributed by atoms with Crippen LogP contribution in [-0.4, -0.2) is 28.0 Å². The molecule has 8 nitrogen and oxygen atoms in total. The zero-order valence-corrected chi connectivity index (χ0v) is 16.9. The molecule has 1 aliphatic rings. The number of nitrogens with zero attached hydrogens (tertiary/aromatic N) is 3. The van der Waals surface area contributed by atoms with Crippen molar-refractivity contribution in [1.82, 2.24) is 9.97 Å². The minimum Gasteiger partial charge on any atom is -0.378 e. The molecule has 0 aliphatic heterocycles. The van der Waals surface area contributed by atoms with Gasteiger partial charge >= 0.3 is 5.69 Å². The average Bonchev–Trinajstić information content (AvgIpc) is 2.72. The van der Waals surface area contributed by atoms with E-state index in [1.54, 1.807) is 0 Å². The van der Waals surface area contributed by atoms with Crippen molar-refractivity contribution in [2.45, 2.75) is 44.9 Å². The van der Waals surface area contributed by atoms with Gasteiger partial charge in [0.05, 0.1) is 4.92 Å². The number of nitrogens with two attached hydrogens (primary N) is 2. The lowest BCUT2D eigenvalue weighted by atomic mass is 9.80. The third-order valence-electron chi connectivity index (χ3n) is 5.88. The first-order valence-electron chi connectivity index (χ1n) is 10.3. The standard InChI is InChI=1S/C21H30N6O2/c1-14(17-5-3-2-4-6-17)13-24-21-25-18(19(27(28)29)20(23)26-21)11-15-7-9-16(12-22)10-8-15/h2-6,14-16H,7-13,22H2,1H3,(H3,23,24,25,26). The first-order chi connectivity index (χ1) is 14.0. The molecule has 1 heterocycles. The summed E-state index contributed by atoms with van der Waals surface area (Å²) in [4.78, 5) is 19.7. The van der Waals surface area contributed by atoms with Crippen LogP contribution in [0.1, 0.15) is 49.8 Å². The average molecular weight is 399 g/mol. The number of rotatable bonds is 8. The Bertz CT molecular complexity index is 821. The Kier molecular flexibility index (Phi) is 6.98. The van der Waals surface area contributed by atoms with Gasteiger partial charge in [0, 0.05) is 6.54 Å². The van der Waals surface area contributed by atoms with Crippen LogP contribution in [0.2, 0.25) is 0 Å². The number of nitro groups is 1. The molecular formula is C21H30N6O2. The highest BCUT2D eigenvalue weighted by Crippen LogP contribution is 2.34. The third kappa shape index (κ3) is 5.41. The van der Waals surface area contributed by atoms with E-state index in [0.29, 0.717) is 43.0 Å². The summed E-state index contributed by atoms with van der Waals surface area (Å²) in [5, 5.41) is 14.8. The van der Waals surface area contributed by atoms with Crippen molar-refractivity contribution in [3.05, 3.63) is 51.7 Å². The van der Waals surface area contributed by atoms with Crippen molar-refractivity contribution in [2.24, 2.45) is 17.6 Å². The van der Waals surface area contributed by atoms with Gasteiger partial charge in [0.2, 0.25) is 11.8 Å². The number of hydrogen-bond donors (Lipinski definition) is 3. The lowest BCUT2D eigenvalue weighted by Gasteiger charge is -2.27. The van der Waals surface area contributed by atoms with Crippen molar-refractivity contribution < 1.29 is 4.92 Å². The number of nitrogen functional groups attached to an aromatic ring is 1. The van der Waals surface area contributed by atoms with E-state index in [1.807, 2.05) is 18.2 Å². The number of benzene rings is 1. The lowest BCUT2D eigenvalue weighted by Crippen LogP contribution is -2.23. The van der Waals surface area contributed by atoms with E-state index in [2.05, 4.69) is 34.3 Å². The van der Waals surface area contributed by atoms with E-state index in [0.717, 1.165) is 25.7 Å². The Labute approximate surface area is 171 Å². The summed E-state index contributed by atoms with van der Waals surface area (Å²) in [6, 6.07) is 10.1. The number of aromatic nitrogens is 2. The maximum atomic E-state index is 11.6. The number of hydrogen-bond acceptors (Lipinski definition) is 7. The van der Waals surface area contributed by atoms with Gasteiger partial charge in [-0.2, -0.15) is 4.98 Å². The van der Waals surface area contributed by atoms with E-state index in [9.17, 15) is 10.1 Å². The zero-order chi connectivity index (χ0) is 20.8. The van der Waals surface area contributed by atoms with Crippen LogP contribution in [0.3, 0.4) is 0 Å². The molecule has 1 aliphatic carbocycles. The van der Waals surface area contributed by atoms with Crippen LogP contribution in [0, 0.1) is 22.0 Å². The molecule has 29 heavy (non-hydrogen) atoms. The molecule has 1 atom stereocenters. The predicted octanol–water partition coefficient (Wildman–Crippen LogP) is 3.49. The molecule has 1 aromatic heterocycles. The fourth-order valence-corrected chi connectivity index (χ4v) is 4.03. The quantitative estimate of drug-likeness (QED) is 0.458. The molecule has 5 N–H and O–H groups in total. The predicted molar refractivity (Wildman–Crippen MR) is 115 cm³/mol. The third-order valence-corrected chi connectivity index (χ3v) is 5.88. The topological polar surface area (TPSA) is 133 Å². The molecule has 0 bridgehead atoms. The second kappa shape index (κ2) is 9.65. The molecule has 0 radical (unpaired) electrons. The van der Waals surface area contributed by atoms with Crippen LogP contribution in [0.5, 0.6) is 0 Å². The van der Waals surface area contributed by atoms with E-state index in [4.69, 9.17) is 11.5 Å². The zero-order valence-electron chi connectivity index (χ0n) is 16.9. The van der Waals surface area contributed by atoms with E-state index < -0.39 is 4.92 Å². The van der Waals surface area contributed by atoms with Gasteiger partial charge in [-0.15, -0.1) is 0 Å². The van der Waals surface area contributed by atoms with Gasteiger partial charge < -0.3 is 16.8 Å². The highest BCUT2D eigenvalue weighted by molar-refractivity contribution is 5.58. The molecule has 2 aromatic rings. The van der Waals surface area contributed by atoms with E-state index in [1.165, 1.54) is 5.56 Å². The van der Waals surface area contributed by atoms with Gasteiger partial charge in [0.25, 0.3) is 0 Å². The van der Waals surface area contributed by atoms with Gasteiger partial charge in [-0.25, -0.2) is 4.98 Å². The normalized spacial score (nSPS) is 20.2. The van der Waals surface area contributed by atoms with Crippen molar-refractivity contribution in [1.29, 1.82) is 0 Å². The SMILES string of the molecule is CC(CNc1nc(N)c([N+](=O)[O-])c(CC2CCC(CN)CC2)n1)c1ccccc1. The fourth-order valence-electron chi connectivity index (χ4n) is 4.03. The summed E-state index contributed by atoms with van der Waals surface area (Å²) in [6.07, 6.45) is 4.70. The monoisotopic (exact) mass is 398 g/mol. The first kappa shape index (κ1) is 21.0. The Balaban J connectivity index is 1.73. The maximum Gasteiger partial charge on any atom is 0.332 e. The molecule has 3 rings (SSSR count). The highest BCUT2D eigenvalue weighted by Gasteiger charge is 2.28. The van der Waals surface area contributed by atoms with Crippen LogP contribution in [-0.2, 0) is 6.42 Å². The van der Waals surface area contributed by atoms with Crippen LogP contribution in [0.25, 0.3) is 0 Å². The molecule has 1 fully saturated rings. The first-order valence-corrected chi connectivity index (χ1v) is 10.3. The minimum atomic E-state index is -0.466. The molecule has 1 unspecified atom stereocenters. The molecule has 0 spiro atoms. The summed E-state index contributed by atoms with van der Waals surface area (Å²) in [7, 11) is 0. The second-order valence-electron chi connectivity index (χ2n) is 8.00. The second-order valence-corrected chi connectivity index (χ2v) is 8.00. The van der Waals surface area contributed by atoms with Crippen molar-refractivity contribution in [2.75, 3.05) is 24.1 Å². The largest absolute Gasteiger partial charge is 0.378 e. The van der Waals surface area contributed by atoms with Gasteiger partial charge in [0.1, 0.15) is 5.69 Å². The molecule has 1 saturated carbocycles. The van der Waals surface area contributed by atoms with Crippen LogP contribution in [0.15, 0.2) is 30.3 Å². The lowest BCUT2D eigenvalue weighted by molar-refractivity contribution is -0.385. The number of anilines is 2. The van der Waals surface area contributed by atoms with Crippen molar-refractivity contribution in [3.63, 3.8) is 0 Å². The fraction of sp³-hybridized carbons (Fsp3) is 0.524. The summed E-state index contributed by atoms with van der Waals surface area (Å²) in [5.74, 6) is 1.44. The molecule has 0 amide bonds. The Morgan fingerprint density at radius 1 is 1.17 bits per heavy atom. The van der Waals surface area contributed by atoms with E-state index >= 15 is 0 Å². The summed E-state index contributed by atoms with van der Waals surface area (Å²) < 4.78 is 0. The Morgan fingerprint density at radius 2 is 1.83 bits per heavy atom. The van der Waals surface area contributed by atoms with E-state index in [-0.39, 0.29) is 17.4 Å².